The van der Waals surface area contributed by atoms with Gasteiger partial charge in [-0.3, -0.25) is 0 Å². The van der Waals surface area contributed by atoms with Gasteiger partial charge in [-0.1, -0.05) is 13.8 Å². The van der Waals surface area contributed by atoms with Crippen molar-refractivity contribution in [3.63, 3.8) is 0 Å². The quantitative estimate of drug-likeness (QED) is 0.745. The zero-order chi connectivity index (χ0) is 12.7. The summed E-state index contributed by atoms with van der Waals surface area (Å²) in [5.41, 5.74) is 0.187. The lowest BCUT2D eigenvalue weighted by Gasteiger charge is -2.55. The van der Waals surface area contributed by atoms with Gasteiger partial charge in [0, 0.05) is 30.2 Å². The molecule has 0 radical (unpaired) electrons. The first-order valence-electron chi connectivity index (χ1n) is 6.35. The average Bonchev–Trinajstić information content (AvgIpc) is 2.61. The maximum atomic E-state index is 11.0. The molecule has 0 aromatic carbocycles. The Morgan fingerprint density at radius 3 is 2.76 bits per heavy atom. The van der Waals surface area contributed by atoms with Gasteiger partial charge < -0.3 is 10.1 Å². The summed E-state index contributed by atoms with van der Waals surface area (Å²) in [6, 6.07) is 0.481. The Morgan fingerprint density at radius 2 is 2.12 bits per heavy atom. The molecule has 0 amide bonds. The summed E-state index contributed by atoms with van der Waals surface area (Å²) in [6.45, 7) is 6.12. The van der Waals surface area contributed by atoms with Gasteiger partial charge in [0.25, 0.3) is 0 Å². The summed E-state index contributed by atoms with van der Waals surface area (Å²) in [5, 5.41) is 3.51. The van der Waals surface area contributed by atoms with E-state index >= 15 is 0 Å². The molecular weight excluding hydrogens is 238 g/mol. The molecule has 3 unspecified atom stereocenters. The van der Waals surface area contributed by atoms with Gasteiger partial charge >= 0.3 is 0 Å². The van der Waals surface area contributed by atoms with Crippen molar-refractivity contribution in [1.82, 2.24) is 5.32 Å². The van der Waals surface area contributed by atoms with E-state index in [0.29, 0.717) is 24.5 Å². The molecular formula is C12H23NO3S. The van der Waals surface area contributed by atoms with Crippen LogP contribution >= 0.6 is 0 Å². The van der Waals surface area contributed by atoms with Crippen molar-refractivity contribution in [3.05, 3.63) is 0 Å². The molecule has 0 spiro atoms. The third kappa shape index (κ3) is 2.66. The predicted molar refractivity (Wildman–Crippen MR) is 67.7 cm³/mol. The lowest BCUT2D eigenvalue weighted by Crippen LogP contribution is -2.65. The van der Waals surface area contributed by atoms with Crippen LogP contribution in [0.15, 0.2) is 0 Å². The molecule has 0 aromatic rings. The highest BCUT2D eigenvalue weighted by atomic mass is 32.2. The monoisotopic (exact) mass is 261 g/mol. The van der Waals surface area contributed by atoms with Crippen LogP contribution in [0, 0.1) is 11.3 Å². The fourth-order valence-corrected chi connectivity index (χ4v) is 4.00. The summed E-state index contributed by atoms with van der Waals surface area (Å²) >= 11 is 0. The third-order valence-electron chi connectivity index (χ3n) is 4.16. The Morgan fingerprint density at radius 1 is 1.41 bits per heavy atom. The van der Waals surface area contributed by atoms with Crippen molar-refractivity contribution < 1.29 is 13.2 Å². The normalized spacial score (nSPS) is 35.4. The van der Waals surface area contributed by atoms with E-state index in [4.69, 9.17) is 4.74 Å². The Kier molecular flexibility index (Phi) is 3.54. The predicted octanol–water partition coefficient (Wildman–Crippen LogP) is 0.824. The summed E-state index contributed by atoms with van der Waals surface area (Å²) < 4.78 is 27.8. The number of ether oxygens (including phenoxy) is 1. The van der Waals surface area contributed by atoms with Gasteiger partial charge in [0.05, 0.1) is 11.9 Å². The van der Waals surface area contributed by atoms with Crippen molar-refractivity contribution in [2.45, 2.75) is 38.8 Å². The highest BCUT2D eigenvalue weighted by Gasteiger charge is 2.58. The Bertz CT molecular complexity index is 377. The molecule has 1 saturated heterocycles. The zero-order valence-electron chi connectivity index (χ0n) is 10.9. The first kappa shape index (κ1) is 13.3. The second kappa shape index (κ2) is 4.52. The van der Waals surface area contributed by atoms with Crippen LogP contribution in [0.25, 0.3) is 0 Å². The van der Waals surface area contributed by atoms with Gasteiger partial charge in [0.2, 0.25) is 0 Å². The topological polar surface area (TPSA) is 55.4 Å². The lowest BCUT2D eigenvalue weighted by molar-refractivity contribution is -0.112. The van der Waals surface area contributed by atoms with E-state index in [9.17, 15) is 8.42 Å². The minimum Gasteiger partial charge on any atom is -0.377 e. The first-order valence-corrected chi connectivity index (χ1v) is 8.41. The van der Waals surface area contributed by atoms with Crippen LogP contribution in [0.1, 0.15) is 26.7 Å². The molecule has 2 aliphatic rings. The molecule has 2 rings (SSSR count). The van der Waals surface area contributed by atoms with Crippen LogP contribution in [0.2, 0.25) is 0 Å². The fraction of sp³-hybridized carbons (Fsp3) is 1.00. The van der Waals surface area contributed by atoms with Crippen LogP contribution in [-0.4, -0.2) is 45.7 Å². The summed E-state index contributed by atoms with van der Waals surface area (Å²) in [5.74, 6) is 0.904. The molecule has 1 aliphatic carbocycles. The molecule has 1 aliphatic heterocycles. The molecule has 17 heavy (non-hydrogen) atoms. The van der Waals surface area contributed by atoms with Crippen molar-refractivity contribution in [2.75, 3.05) is 25.2 Å². The van der Waals surface area contributed by atoms with Gasteiger partial charge in [-0.2, -0.15) is 0 Å². The van der Waals surface area contributed by atoms with Crippen molar-refractivity contribution in [2.24, 2.45) is 11.3 Å². The summed E-state index contributed by atoms with van der Waals surface area (Å²) in [7, 11) is -2.82. The third-order valence-corrected chi connectivity index (χ3v) is 5.19. The minimum atomic E-state index is -2.82. The molecule has 100 valence electrons. The molecule has 3 atom stereocenters. The van der Waals surface area contributed by atoms with Crippen LogP contribution in [0.5, 0.6) is 0 Å². The lowest BCUT2D eigenvalue weighted by atomic mass is 9.57. The second-order valence-corrected chi connectivity index (χ2v) is 8.24. The minimum absolute atomic E-state index is 0.187. The SMILES string of the molecule is CC1(C)C(NCCCS(C)(=O)=O)C2CCOC21. The Hall–Kier alpha value is -0.130. The number of rotatable bonds is 5. The number of sulfone groups is 1. The largest absolute Gasteiger partial charge is 0.377 e. The molecule has 2 fully saturated rings. The second-order valence-electron chi connectivity index (χ2n) is 5.98. The van der Waals surface area contributed by atoms with Crippen molar-refractivity contribution in [3.8, 4) is 0 Å². The van der Waals surface area contributed by atoms with Crippen LogP contribution in [-0.2, 0) is 14.6 Å². The Labute approximate surface area is 104 Å². The van der Waals surface area contributed by atoms with Gasteiger partial charge in [0.1, 0.15) is 9.84 Å². The number of hydrogen-bond acceptors (Lipinski definition) is 4. The molecule has 5 heteroatoms. The fourth-order valence-electron chi connectivity index (χ4n) is 3.33. The summed E-state index contributed by atoms with van der Waals surface area (Å²) in [4.78, 5) is 0. The average molecular weight is 261 g/mol. The van der Waals surface area contributed by atoms with E-state index in [2.05, 4.69) is 19.2 Å². The van der Waals surface area contributed by atoms with E-state index in [0.717, 1.165) is 19.6 Å². The highest BCUT2D eigenvalue weighted by molar-refractivity contribution is 7.90. The highest BCUT2D eigenvalue weighted by Crippen LogP contribution is 2.51. The molecule has 1 heterocycles. The van der Waals surface area contributed by atoms with Gasteiger partial charge in [-0.15, -0.1) is 0 Å². The smallest absolute Gasteiger partial charge is 0.147 e. The molecule has 4 nitrogen and oxygen atoms in total. The maximum absolute atomic E-state index is 11.0. The van der Waals surface area contributed by atoms with Gasteiger partial charge in [-0.05, 0) is 19.4 Å². The number of nitrogens with one attached hydrogen (secondary N) is 1. The van der Waals surface area contributed by atoms with Gasteiger partial charge in [-0.25, -0.2) is 8.42 Å². The van der Waals surface area contributed by atoms with E-state index in [1.807, 2.05) is 0 Å². The number of fused-ring (bicyclic) bond motifs is 1. The zero-order valence-corrected chi connectivity index (χ0v) is 11.7. The van der Waals surface area contributed by atoms with E-state index < -0.39 is 9.84 Å². The maximum Gasteiger partial charge on any atom is 0.147 e. The molecule has 1 saturated carbocycles. The van der Waals surface area contributed by atoms with Crippen LogP contribution < -0.4 is 5.32 Å². The van der Waals surface area contributed by atoms with E-state index in [1.165, 1.54) is 6.26 Å². The Balaban J connectivity index is 1.76. The number of hydrogen-bond donors (Lipinski definition) is 1. The van der Waals surface area contributed by atoms with E-state index in [1.54, 1.807) is 0 Å². The van der Waals surface area contributed by atoms with Gasteiger partial charge in [0.15, 0.2) is 0 Å². The van der Waals surface area contributed by atoms with Crippen LogP contribution in [0.4, 0.5) is 0 Å². The van der Waals surface area contributed by atoms with Crippen LogP contribution in [0.3, 0.4) is 0 Å². The van der Waals surface area contributed by atoms with Crippen molar-refractivity contribution in [1.29, 1.82) is 0 Å². The molecule has 0 bridgehead atoms. The first-order chi connectivity index (χ1) is 7.82. The summed E-state index contributed by atoms with van der Waals surface area (Å²) in [6.07, 6.45) is 3.53. The molecule has 1 N–H and O–H groups in total. The van der Waals surface area contributed by atoms with E-state index in [-0.39, 0.29) is 11.2 Å². The standard InChI is InChI=1S/C12H23NO3S/c1-12(2)10(9-5-7-16-11(9)12)13-6-4-8-17(3,14)15/h9-11,13H,4-8H2,1-3H3. The molecule has 0 aromatic heterocycles. The van der Waals surface area contributed by atoms with Crippen molar-refractivity contribution >= 4 is 9.84 Å².